The third-order valence-electron chi connectivity index (χ3n) is 4.09. The molecular weight excluding hydrogens is 334 g/mol. The zero-order valence-corrected chi connectivity index (χ0v) is 14.5. The molecule has 0 aromatic heterocycles. The van der Waals surface area contributed by atoms with Gasteiger partial charge in [-0.05, 0) is 30.0 Å². The lowest BCUT2D eigenvalue weighted by molar-refractivity contribution is -0.143. The topological polar surface area (TPSA) is 101 Å². The first-order valence-electron chi connectivity index (χ1n) is 7.61. The molecule has 0 aliphatic carbocycles. The normalized spacial score (nSPS) is 22.1. The van der Waals surface area contributed by atoms with Gasteiger partial charge in [-0.2, -0.15) is 0 Å². The lowest BCUT2D eigenvalue weighted by atomic mass is 9.92. The van der Waals surface area contributed by atoms with E-state index in [1.165, 1.54) is 23.5 Å². The van der Waals surface area contributed by atoms with Crippen molar-refractivity contribution >= 4 is 22.0 Å². The Bertz CT molecular complexity index is 713. The summed E-state index contributed by atoms with van der Waals surface area (Å²) in [6.07, 6.45) is 0.481. The Balaban J connectivity index is 2.12. The predicted molar refractivity (Wildman–Crippen MR) is 86.9 cm³/mol. The maximum absolute atomic E-state index is 12.6. The fraction of sp³-hybridized carbons (Fsp3) is 0.500. The molecule has 7 nitrogen and oxygen atoms in total. The number of carbonyl (C=O) groups excluding carboxylic acids is 1. The van der Waals surface area contributed by atoms with E-state index in [-0.39, 0.29) is 18.2 Å². The number of hydrogen-bond acceptors (Lipinski definition) is 5. The van der Waals surface area contributed by atoms with E-state index in [1.54, 1.807) is 12.1 Å². The van der Waals surface area contributed by atoms with Gasteiger partial charge in [0.2, 0.25) is 10.0 Å². The summed E-state index contributed by atoms with van der Waals surface area (Å²) >= 11 is 0. The molecule has 8 heteroatoms. The van der Waals surface area contributed by atoms with Gasteiger partial charge in [-0.15, -0.1) is 0 Å². The van der Waals surface area contributed by atoms with Gasteiger partial charge < -0.3 is 9.84 Å². The van der Waals surface area contributed by atoms with Crippen LogP contribution in [0.4, 0.5) is 0 Å². The number of carboxylic acid groups (broad SMARTS) is 1. The van der Waals surface area contributed by atoms with Gasteiger partial charge in [0.25, 0.3) is 0 Å². The van der Waals surface area contributed by atoms with Gasteiger partial charge in [0.15, 0.2) is 0 Å². The molecule has 1 saturated heterocycles. The molecule has 0 amide bonds. The number of methoxy groups -OCH3 is 1. The van der Waals surface area contributed by atoms with Crippen LogP contribution in [0.15, 0.2) is 24.3 Å². The first-order chi connectivity index (χ1) is 11.2. The van der Waals surface area contributed by atoms with Crippen LogP contribution >= 0.6 is 0 Å². The number of ether oxygens (including phenoxy) is 1. The first kappa shape index (κ1) is 18.4. The number of piperidine rings is 1. The van der Waals surface area contributed by atoms with Crippen LogP contribution in [0.25, 0.3) is 0 Å². The van der Waals surface area contributed by atoms with Crippen LogP contribution in [-0.4, -0.2) is 50.0 Å². The Hall–Kier alpha value is -1.93. The second-order valence-electron chi connectivity index (χ2n) is 6.14. The Morgan fingerprint density at radius 3 is 2.42 bits per heavy atom. The highest BCUT2D eigenvalue weighted by molar-refractivity contribution is 7.88. The zero-order chi connectivity index (χ0) is 17.9. The summed E-state index contributed by atoms with van der Waals surface area (Å²) in [4.78, 5) is 22.6. The Kier molecular flexibility index (Phi) is 5.61. The van der Waals surface area contributed by atoms with Crippen LogP contribution < -0.4 is 0 Å². The number of aliphatic carboxylic acids is 1. The van der Waals surface area contributed by atoms with E-state index >= 15 is 0 Å². The van der Waals surface area contributed by atoms with Crippen molar-refractivity contribution in [3.05, 3.63) is 35.4 Å². The summed E-state index contributed by atoms with van der Waals surface area (Å²) in [6, 6.07) is 6.14. The molecule has 0 spiro atoms. The summed E-state index contributed by atoms with van der Waals surface area (Å²) in [6.45, 7) is 2.18. The minimum atomic E-state index is -3.62. The molecule has 0 radical (unpaired) electrons. The molecule has 1 aliphatic heterocycles. The Labute approximate surface area is 141 Å². The highest BCUT2D eigenvalue weighted by atomic mass is 32.2. The molecule has 2 rings (SSSR count). The number of carbonyl (C=O) groups is 2. The molecule has 0 bridgehead atoms. The minimum Gasteiger partial charge on any atom is -0.481 e. The second kappa shape index (κ2) is 7.31. The lowest BCUT2D eigenvalue weighted by Gasteiger charge is -2.33. The smallest absolute Gasteiger partial charge is 0.337 e. The molecule has 2 atom stereocenters. The fourth-order valence-corrected chi connectivity index (χ4v) is 4.55. The maximum Gasteiger partial charge on any atom is 0.337 e. The fourth-order valence-electron chi connectivity index (χ4n) is 2.87. The van der Waals surface area contributed by atoms with E-state index in [0.29, 0.717) is 24.1 Å². The van der Waals surface area contributed by atoms with Crippen LogP contribution in [0.2, 0.25) is 0 Å². The molecule has 132 valence electrons. The average molecular weight is 355 g/mol. The number of hydrogen-bond donors (Lipinski definition) is 1. The Morgan fingerprint density at radius 1 is 1.25 bits per heavy atom. The van der Waals surface area contributed by atoms with E-state index < -0.39 is 27.9 Å². The van der Waals surface area contributed by atoms with Crippen molar-refractivity contribution in [3.8, 4) is 0 Å². The average Bonchev–Trinajstić information content (AvgIpc) is 2.53. The van der Waals surface area contributed by atoms with Crippen LogP contribution in [-0.2, 0) is 25.3 Å². The molecule has 1 aromatic rings. The summed E-state index contributed by atoms with van der Waals surface area (Å²) < 4.78 is 31.0. The van der Waals surface area contributed by atoms with Gasteiger partial charge >= 0.3 is 11.9 Å². The van der Waals surface area contributed by atoms with Crippen molar-refractivity contribution in [2.45, 2.75) is 19.1 Å². The number of esters is 1. The zero-order valence-electron chi connectivity index (χ0n) is 13.6. The maximum atomic E-state index is 12.6. The van der Waals surface area contributed by atoms with Crippen LogP contribution in [0.5, 0.6) is 0 Å². The van der Waals surface area contributed by atoms with Crippen molar-refractivity contribution in [2.75, 3.05) is 20.2 Å². The van der Waals surface area contributed by atoms with Crippen molar-refractivity contribution in [1.82, 2.24) is 4.31 Å². The number of rotatable bonds is 5. The number of carboxylic acids is 1. The monoisotopic (exact) mass is 355 g/mol. The number of nitrogens with zero attached hydrogens (tertiary/aromatic N) is 1. The third kappa shape index (κ3) is 4.33. The number of sulfonamides is 1. The standard InChI is InChI=1S/C16H21NO6S/c1-11-7-14(15(18)19)9-17(8-11)24(21,22)10-12-3-5-13(6-4-12)16(20)23-2/h3-6,11,14H,7-10H2,1-2H3,(H,18,19). The highest BCUT2D eigenvalue weighted by Gasteiger charge is 2.35. The highest BCUT2D eigenvalue weighted by Crippen LogP contribution is 2.25. The third-order valence-corrected chi connectivity index (χ3v) is 5.88. The molecule has 1 aromatic carbocycles. The van der Waals surface area contributed by atoms with Gasteiger partial charge in [0, 0.05) is 13.1 Å². The number of benzene rings is 1. The predicted octanol–water partition coefficient (Wildman–Crippen LogP) is 1.35. The van der Waals surface area contributed by atoms with Crippen molar-refractivity contribution in [1.29, 1.82) is 0 Å². The van der Waals surface area contributed by atoms with Gasteiger partial charge in [0.05, 0.1) is 24.3 Å². The molecule has 24 heavy (non-hydrogen) atoms. The molecule has 1 heterocycles. The molecule has 2 unspecified atom stereocenters. The van der Waals surface area contributed by atoms with Crippen LogP contribution in [0.1, 0.15) is 29.3 Å². The summed E-state index contributed by atoms with van der Waals surface area (Å²) in [7, 11) is -2.35. The quantitative estimate of drug-likeness (QED) is 0.800. The van der Waals surface area contributed by atoms with Crippen LogP contribution in [0, 0.1) is 11.8 Å². The first-order valence-corrected chi connectivity index (χ1v) is 9.21. The van der Waals surface area contributed by atoms with Gasteiger partial charge in [0.1, 0.15) is 0 Å². The van der Waals surface area contributed by atoms with E-state index in [9.17, 15) is 18.0 Å². The lowest BCUT2D eigenvalue weighted by Crippen LogP contribution is -2.45. The van der Waals surface area contributed by atoms with E-state index in [4.69, 9.17) is 5.11 Å². The summed E-state index contributed by atoms with van der Waals surface area (Å²) in [5.74, 6) is -2.36. The summed E-state index contributed by atoms with van der Waals surface area (Å²) in [5.41, 5.74) is 0.879. The minimum absolute atomic E-state index is 0.00223. The van der Waals surface area contributed by atoms with E-state index in [0.717, 1.165) is 0 Å². The SMILES string of the molecule is COC(=O)c1ccc(CS(=O)(=O)N2CC(C)CC(C(=O)O)C2)cc1. The molecule has 1 fully saturated rings. The van der Waals surface area contributed by atoms with Crippen molar-refractivity contribution < 1.29 is 27.9 Å². The van der Waals surface area contributed by atoms with E-state index in [1.807, 2.05) is 6.92 Å². The molecule has 1 N–H and O–H groups in total. The van der Waals surface area contributed by atoms with E-state index in [2.05, 4.69) is 4.74 Å². The van der Waals surface area contributed by atoms with Crippen molar-refractivity contribution in [2.24, 2.45) is 11.8 Å². The van der Waals surface area contributed by atoms with Gasteiger partial charge in [-0.1, -0.05) is 19.1 Å². The summed E-state index contributed by atoms with van der Waals surface area (Å²) in [5, 5.41) is 9.17. The molecular formula is C16H21NO6S. The second-order valence-corrected chi connectivity index (χ2v) is 8.11. The Morgan fingerprint density at radius 2 is 1.88 bits per heavy atom. The van der Waals surface area contributed by atoms with Gasteiger partial charge in [-0.3, -0.25) is 4.79 Å². The van der Waals surface area contributed by atoms with Crippen LogP contribution in [0.3, 0.4) is 0 Å². The van der Waals surface area contributed by atoms with Crippen molar-refractivity contribution in [3.63, 3.8) is 0 Å². The van der Waals surface area contributed by atoms with Gasteiger partial charge in [-0.25, -0.2) is 17.5 Å². The molecule has 1 aliphatic rings. The molecule has 0 saturated carbocycles. The largest absolute Gasteiger partial charge is 0.481 e.